The summed E-state index contributed by atoms with van der Waals surface area (Å²) in [6, 6.07) is 3.60. The van der Waals surface area contributed by atoms with Gasteiger partial charge in [0.25, 0.3) is 0 Å². The second-order valence-electron chi connectivity index (χ2n) is 4.67. The fraction of sp³-hybridized carbons (Fsp3) is 0.538. The van der Waals surface area contributed by atoms with Gasteiger partial charge in [-0.05, 0) is 37.8 Å². The molecular weight excluding hydrogens is 216 g/mol. The molecule has 0 atom stereocenters. The Bertz CT molecular complexity index is 381. The summed E-state index contributed by atoms with van der Waals surface area (Å²) in [5.41, 5.74) is 0.914. The molecular formula is C13H18N2O2. The zero-order valence-corrected chi connectivity index (χ0v) is 10.3. The number of nitrogens with zero attached hydrogens (tertiary/aromatic N) is 2. The fourth-order valence-corrected chi connectivity index (χ4v) is 1.87. The van der Waals surface area contributed by atoms with E-state index in [9.17, 15) is 4.79 Å². The van der Waals surface area contributed by atoms with E-state index in [1.165, 1.54) is 0 Å². The first-order chi connectivity index (χ1) is 8.15. The van der Waals surface area contributed by atoms with Crippen molar-refractivity contribution < 1.29 is 9.53 Å². The van der Waals surface area contributed by atoms with Crippen LogP contribution in [0.3, 0.4) is 0 Å². The average Bonchev–Trinajstić information content (AvgIpc) is 2.33. The maximum atomic E-state index is 11.8. The molecule has 92 valence electrons. The topological polar surface area (TPSA) is 42.4 Å². The van der Waals surface area contributed by atoms with Crippen molar-refractivity contribution in [2.75, 3.05) is 13.1 Å². The molecule has 0 radical (unpaired) electrons. The van der Waals surface area contributed by atoms with Gasteiger partial charge in [-0.2, -0.15) is 0 Å². The van der Waals surface area contributed by atoms with Crippen molar-refractivity contribution in [3.05, 3.63) is 24.0 Å². The number of aryl methyl sites for hydroxylation is 1. The molecule has 17 heavy (non-hydrogen) atoms. The monoisotopic (exact) mass is 234 g/mol. The molecule has 0 spiro atoms. The Kier molecular flexibility index (Phi) is 3.61. The van der Waals surface area contributed by atoms with Crippen LogP contribution in [0.15, 0.2) is 18.3 Å². The van der Waals surface area contributed by atoms with Crippen molar-refractivity contribution >= 4 is 6.09 Å². The number of piperidine rings is 1. The molecule has 2 heterocycles. The molecule has 1 amide bonds. The highest BCUT2D eigenvalue weighted by atomic mass is 16.6. The van der Waals surface area contributed by atoms with E-state index in [2.05, 4.69) is 11.9 Å². The summed E-state index contributed by atoms with van der Waals surface area (Å²) in [5, 5.41) is 0. The van der Waals surface area contributed by atoms with Crippen molar-refractivity contribution in [1.29, 1.82) is 0 Å². The van der Waals surface area contributed by atoms with E-state index in [-0.39, 0.29) is 6.09 Å². The second kappa shape index (κ2) is 5.17. The predicted molar refractivity (Wildman–Crippen MR) is 65.0 cm³/mol. The SMILES string of the molecule is Cc1ccc(OC(=O)N2CCC(C)CC2)cn1. The number of pyridine rings is 1. The Morgan fingerprint density at radius 1 is 1.41 bits per heavy atom. The number of likely N-dealkylation sites (tertiary alicyclic amines) is 1. The van der Waals surface area contributed by atoms with Gasteiger partial charge >= 0.3 is 6.09 Å². The van der Waals surface area contributed by atoms with E-state index in [1.54, 1.807) is 17.2 Å². The molecule has 0 N–H and O–H groups in total. The molecule has 1 aliphatic heterocycles. The van der Waals surface area contributed by atoms with Crippen molar-refractivity contribution in [2.24, 2.45) is 5.92 Å². The molecule has 1 fully saturated rings. The van der Waals surface area contributed by atoms with Crippen LogP contribution in [-0.2, 0) is 0 Å². The summed E-state index contributed by atoms with van der Waals surface area (Å²) in [6.07, 6.45) is 3.44. The first kappa shape index (κ1) is 11.9. The van der Waals surface area contributed by atoms with Crippen molar-refractivity contribution in [2.45, 2.75) is 26.7 Å². The van der Waals surface area contributed by atoms with E-state index in [4.69, 9.17) is 4.74 Å². The number of aromatic nitrogens is 1. The van der Waals surface area contributed by atoms with Gasteiger partial charge in [0.05, 0.1) is 6.20 Å². The molecule has 0 bridgehead atoms. The first-order valence-electron chi connectivity index (χ1n) is 6.04. The van der Waals surface area contributed by atoms with Crippen LogP contribution in [0.4, 0.5) is 4.79 Å². The summed E-state index contributed by atoms with van der Waals surface area (Å²) in [6.45, 7) is 5.70. The minimum absolute atomic E-state index is 0.262. The summed E-state index contributed by atoms with van der Waals surface area (Å²) in [4.78, 5) is 17.7. The minimum Gasteiger partial charge on any atom is -0.409 e. The number of hydrogen-bond acceptors (Lipinski definition) is 3. The number of hydrogen-bond donors (Lipinski definition) is 0. The standard InChI is InChI=1S/C13H18N2O2/c1-10-5-7-15(8-6-10)13(16)17-12-4-3-11(2)14-9-12/h3-4,9-10H,5-8H2,1-2H3. The van der Waals surface area contributed by atoms with Crippen LogP contribution >= 0.6 is 0 Å². The molecule has 1 saturated heterocycles. The van der Waals surface area contributed by atoms with Crippen LogP contribution in [-0.4, -0.2) is 29.1 Å². The Balaban J connectivity index is 1.90. The summed E-state index contributed by atoms with van der Waals surface area (Å²) < 4.78 is 5.27. The Labute approximate surface area is 102 Å². The van der Waals surface area contributed by atoms with E-state index in [0.29, 0.717) is 11.7 Å². The van der Waals surface area contributed by atoms with Crippen LogP contribution in [0.2, 0.25) is 0 Å². The van der Waals surface area contributed by atoms with Crippen molar-refractivity contribution in [3.63, 3.8) is 0 Å². The Morgan fingerprint density at radius 2 is 2.12 bits per heavy atom. The third-order valence-electron chi connectivity index (χ3n) is 3.13. The largest absolute Gasteiger partial charge is 0.415 e. The molecule has 1 aromatic rings. The predicted octanol–water partition coefficient (Wildman–Crippen LogP) is 2.62. The number of carbonyl (C=O) groups excluding carboxylic acids is 1. The highest BCUT2D eigenvalue weighted by Crippen LogP contribution is 2.18. The van der Waals surface area contributed by atoms with Crippen LogP contribution in [0.25, 0.3) is 0 Å². The number of ether oxygens (including phenoxy) is 1. The number of rotatable bonds is 1. The normalized spacial score (nSPS) is 16.9. The molecule has 1 aromatic heterocycles. The van der Waals surface area contributed by atoms with Crippen LogP contribution in [0.1, 0.15) is 25.5 Å². The molecule has 4 nitrogen and oxygen atoms in total. The van der Waals surface area contributed by atoms with E-state index in [1.807, 2.05) is 13.0 Å². The van der Waals surface area contributed by atoms with Crippen molar-refractivity contribution in [3.8, 4) is 5.75 Å². The highest BCUT2D eigenvalue weighted by Gasteiger charge is 2.21. The van der Waals surface area contributed by atoms with Gasteiger partial charge in [0, 0.05) is 18.8 Å². The lowest BCUT2D eigenvalue weighted by Gasteiger charge is -2.29. The maximum Gasteiger partial charge on any atom is 0.415 e. The zero-order valence-electron chi connectivity index (χ0n) is 10.3. The lowest BCUT2D eigenvalue weighted by atomic mass is 10.00. The Hall–Kier alpha value is -1.58. The molecule has 1 aliphatic rings. The van der Waals surface area contributed by atoms with Crippen LogP contribution in [0, 0.1) is 12.8 Å². The molecule has 0 aromatic carbocycles. The zero-order chi connectivity index (χ0) is 12.3. The number of carbonyl (C=O) groups is 1. The molecule has 0 saturated carbocycles. The third kappa shape index (κ3) is 3.19. The maximum absolute atomic E-state index is 11.8. The van der Waals surface area contributed by atoms with Crippen LogP contribution < -0.4 is 4.74 Å². The summed E-state index contributed by atoms with van der Waals surface area (Å²) >= 11 is 0. The second-order valence-corrected chi connectivity index (χ2v) is 4.67. The molecule has 4 heteroatoms. The van der Waals surface area contributed by atoms with Gasteiger partial charge in [-0.25, -0.2) is 4.79 Å². The molecule has 0 unspecified atom stereocenters. The average molecular weight is 234 g/mol. The van der Waals surface area contributed by atoms with Crippen molar-refractivity contribution in [1.82, 2.24) is 9.88 Å². The minimum atomic E-state index is -0.262. The van der Waals surface area contributed by atoms with E-state index >= 15 is 0 Å². The van der Waals surface area contributed by atoms with Crippen LogP contribution in [0.5, 0.6) is 5.75 Å². The van der Waals surface area contributed by atoms with Gasteiger partial charge in [0.2, 0.25) is 0 Å². The van der Waals surface area contributed by atoms with Gasteiger partial charge in [0.1, 0.15) is 0 Å². The van der Waals surface area contributed by atoms with Gasteiger partial charge < -0.3 is 9.64 Å². The summed E-state index contributed by atoms with van der Waals surface area (Å²) in [5.74, 6) is 1.22. The third-order valence-corrected chi connectivity index (χ3v) is 3.13. The molecule has 2 rings (SSSR count). The molecule has 0 aliphatic carbocycles. The lowest BCUT2D eigenvalue weighted by Crippen LogP contribution is -2.39. The van der Waals surface area contributed by atoms with E-state index in [0.717, 1.165) is 31.6 Å². The van der Waals surface area contributed by atoms with Gasteiger partial charge in [-0.15, -0.1) is 0 Å². The van der Waals surface area contributed by atoms with Gasteiger partial charge in [0.15, 0.2) is 5.75 Å². The fourth-order valence-electron chi connectivity index (χ4n) is 1.87. The van der Waals surface area contributed by atoms with Gasteiger partial charge in [-0.1, -0.05) is 6.92 Å². The smallest absolute Gasteiger partial charge is 0.409 e. The first-order valence-corrected chi connectivity index (χ1v) is 6.04. The van der Waals surface area contributed by atoms with Gasteiger partial charge in [-0.3, -0.25) is 4.98 Å². The lowest BCUT2D eigenvalue weighted by molar-refractivity contribution is 0.133. The summed E-state index contributed by atoms with van der Waals surface area (Å²) in [7, 11) is 0. The number of amides is 1. The Morgan fingerprint density at radius 3 is 2.71 bits per heavy atom. The highest BCUT2D eigenvalue weighted by molar-refractivity contribution is 5.70. The quantitative estimate of drug-likeness (QED) is 0.750. The van der Waals surface area contributed by atoms with E-state index < -0.39 is 0 Å².